The Bertz CT molecular complexity index is 444. The van der Waals surface area contributed by atoms with E-state index in [-0.39, 0.29) is 11.1 Å². The molecule has 7 heteroatoms. The summed E-state index contributed by atoms with van der Waals surface area (Å²) in [6.07, 6.45) is 3.58. The zero-order valence-corrected chi connectivity index (χ0v) is 12.4. The number of H-pyrrole nitrogens is 1. The predicted molar refractivity (Wildman–Crippen MR) is 70.8 cm³/mol. The van der Waals surface area contributed by atoms with Crippen LogP contribution in [0, 0.1) is 0 Å². The van der Waals surface area contributed by atoms with Crippen molar-refractivity contribution in [3.63, 3.8) is 0 Å². The Labute approximate surface area is 111 Å². The van der Waals surface area contributed by atoms with Crippen molar-refractivity contribution in [1.82, 2.24) is 14.7 Å². The third kappa shape index (κ3) is 4.08. The van der Waals surface area contributed by atoms with Crippen molar-refractivity contribution in [2.75, 3.05) is 5.33 Å². The molecule has 1 rings (SSSR count). The molecule has 2 N–H and O–H groups in total. The van der Waals surface area contributed by atoms with Crippen LogP contribution in [0.4, 0.5) is 0 Å². The summed E-state index contributed by atoms with van der Waals surface area (Å²) in [5.74, 6) is 0.680. The smallest absolute Gasteiger partial charge is 0.257 e. The van der Waals surface area contributed by atoms with Crippen molar-refractivity contribution in [3.05, 3.63) is 12.0 Å². The Morgan fingerprint density at radius 2 is 2.24 bits per heavy atom. The molecular formula is C10H18BrN3O2S. The van der Waals surface area contributed by atoms with Gasteiger partial charge in [0.1, 0.15) is 5.82 Å². The molecule has 1 aromatic rings. The molecule has 98 valence electrons. The summed E-state index contributed by atoms with van der Waals surface area (Å²) in [6.45, 7) is 3.88. The molecule has 1 unspecified atom stereocenters. The average Bonchev–Trinajstić information content (AvgIpc) is 2.77. The SMILES string of the molecule is CCc1ncc(S(=O)(=O)NC(CC)CCBr)[nH]1. The Morgan fingerprint density at radius 3 is 2.71 bits per heavy atom. The first-order valence-electron chi connectivity index (χ1n) is 5.65. The summed E-state index contributed by atoms with van der Waals surface area (Å²) in [7, 11) is -3.47. The maximum Gasteiger partial charge on any atom is 0.257 e. The van der Waals surface area contributed by atoms with E-state index in [0.717, 1.165) is 18.2 Å². The van der Waals surface area contributed by atoms with Crippen LogP contribution in [0.3, 0.4) is 0 Å². The Morgan fingerprint density at radius 1 is 1.53 bits per heavy atom. The lowest BCUT2D eigenvalue weighted by molar-refractivity contribution is 0.530. The lowest BCUT2D eigenvalue weighted by atomic mass is 10.2. The zero-order chi connectivity index (χ0) is 12.9. The first-order valence-corrected chi connectivity index (χ1v) is 8.26. The van der Waals surface area contributed by atoms with Crippen LogP contribution in [-0.4, -0.2) is 29.8 Å². The standard InChI is InChI=1S/C10H18BrN3O2S/c1-3-8(5-6-11)14-17(15,16)10-7-12-9(4-2)13-10/h7-8,14H,3-6H2,1-2H3,(H,12,13). The van der Waals surface area contributed by atoms with Crippen LogP contribution < -0.4 is 4.72 Å². The number of rotatable bonds is 7. The average molecular weight is 324 g/mol. The minimum Gasteiger partial charge on any atom is -0.332 e. The lowest BCUT2D eigenvalue weighted by Gasteiger charge is -2.14. The maximum atomic E-state index is 12.0. The molecule has 0 fully saturated rings. The molecule has 1 aromatic heterocycles. The highest BCUT2D eigenvalue weighted by Crippen LogP contribution is 2.09. The van der Waals surface area contributed by atoms with E-state index in [9.17, 15) is 8.42 Å². The van der Waals surface area contributed by atoms with E-state index in [0.29, 0.717) is 12.2 Å². The number of aromatic nitrogens is 2. The van der Waals surface area contributed by atoms with Gasteiger partial charge in [0, 0.05) is 17.8 Å². The fraction of sp³-hybridized carbons (Fsp3) is 0.700. The summed E-state index contributed by atoms with van der Waals surface area (Å²) in [6, 6.07) is -0.0484. The van der Waals surface area contributed by atoms with E-state index >= 15 is 0 Å². The van der Waals surface area contributed by atoms with Crippen LogP contribution in [0.25, 0.3) is 0 Å². The van der Waals surface area contributed by atoms with E-state index in [1.807, 2.05) is 13.8 Å². The number of aromatic amines is 1. The number of hydrogen-bond acceptors (Lipinski definition) is 3. The van der Waals surface area contributed by atoms with Gasteiger partial charge < -0.3 is 4.98 Å². The maximum absolute atomic E-state index is 12.0. The normalized spacial score (nSPS) is 13.8. The van der Waals surface area contributed by atoms with E-state index in [1.165, 1.54) is 6.20 Å². The monoisotopic (exact) mass is 323 g/mol. The number of hydrogen-bond donors (Lipinski definition) is 2. The molecule has 0 radical (unpaired) electrons. The minimum absolute atomic E-state index is 0.0484. The van der Waals surface area contributed by atoms with E-state index in [2.05, 4.69) is 30.6 Å². The molecule has 0 saturated carbocycles. The number of nitrogens with zero attached hydrogens (tertiary/aromatic N) is 1. The molecule has 0 aromatic carbocycles. The van der Waals surface area contributed by atoms with Gasteiger partial charge in [0.25, 0.3) is 10.0 Å². The fourth-order valence-electron chi connectivity index (χ4n) is 1.42. The molecule has 0 amide bonds. The molecule has 1 atom stereocenters. The number of sulfonamides is 1. The number of halogens is 1. The minimum atomic E-state index is -3.47. The van der Waals surface area contributed by atoms with Crippen LogP contribution in [0.1, 0.15) is 32.5 Å². The molecular weight excluding hydrogens is 306 g/mol. The summed E-state index contributed by atoms with van der Waals surface area (Å²) >= 11 is 3.31. The van der Waals surface area contributed by atoms with Crippen molar-refractivity contribution in [1.29, 1.82) is 0 Å². The van der Waals surface area contributed by atoms with Crippen molar-refractivity contribution < 1.29 is 8.42 Å². The van der Waals surface area contributed by atoms with Crippen molar-refractivity contribution in [2.24, 2.45) is 0 Å². The molecule has 0 bridgehead atoms. The summed E-state index contributed by atoms with van der Waals surface area (Å²) < 4.78 is 26.7. The first kappa shape index (κ1) is 14.7. The molecule has 0 spiro atoms. The van der Waals surface area contributed by atoms with Gasteiger partial charge in [0.2, 0.25) is 0 Å². The van der Waals surface area contributed by atoms with Crippen LogP contribution in [0.2, 0.25) is 0 Å². The Kier molecular flexibility index (Phi) is 5.61. The third-order valence-corrected chi connectivity index (χ3v) is 4.39. The van der Waals surface area contributed by atoms with Crippen LogP contribution >= 0.6 is 15.9 Å². The van der Waals surface area contributed by atoms with Crippen LogP contribution in [-0.2, 0) is 16.4 Å². The van der Waals surface area contributed by atoms with E-state index in [4.69, 9.17) is 0 Å². The van der Waals surface area contributed by atoms with Crippen molar-refractivity contribution in [2.45, 2.75) is 44.2 Å². The number of nitrogens with one attached hydrogen (secondary N) is 2. The zero-order valence-electron chi connectivity index (χ0n) is 10.0. The highest BCUT2D eigenvalue weighted by Gasteiger charge is 2.20. The molecule has 0 aliphatic carbocycles. The third-order valence-electron chi connectivity index (χ3n) is 2.50. The molecule has 1 heterocycles. The molecule has 5 nitrogen and oxygen atoms in total. The van der Waals surface area contributed by atoms with Gasteiger partial charge in [-0.3, -0.25) is 0 Å². The molecule has 0 aliphatic rings. The lowest BCUT2D eigenvalue weighted by Crippen LogP contribution is -2.34. The second-order valence-electron chi connectivity index (χ2n) is 3.75. The number of aryl methyl sites for hydroxylation is 1. The summed E-state index contributed by atoms with van der Waals surface area (Å²) in [5, 5.41) is 0.916. The first-order chi connectivity index (χ1) is 8.03. The van der Waals surface area contributed by atoms with Crippen molar-refractivity contribution >= 4 is 26.0 Å². The quantitative estimate of drug-likeness (QED) is 0.751. The molecule has 0 saturated heterocycles. The molecule has 0 aliphatic heterocycles. The van der Waals surface area contributed by atoms with E-state index < -0.39 is 10.0 Å². The van der Waals surface area contributed by atoms with Crippen molar-refractivity contribution in [3.8, 4) is 0 Å². The largest absolute Gasteiger partial charge is 0.332 e. The second kappa shape index (κ2) is 6.51. The number of alkyl halides is 1. The Hall–Kier alpha value is -0.400. The Balaban J connectivity index is 2.80. The summed E-state index contributed by atoms with van der Waals surface area (Å²) in [5.41, 5.74) is 0. The van der Waals surface area contributed by atoms with Gasteiger partial charge in [-0.2, -0.15) is 0 Å². The van der Waals surface area contributed by atoms with Gasteiger partial charge in [-0.25, -0.2) is 18.1 Å². The predicted octanol–water partition coefficient (Wildman–Crippen LogP) is 1.81. The fourth-order valence-corrected chi connectivity index (χ4v) is 3.27. The summed E-state index contributed by atoms with van der Waals surface area (Å²) in [4.78, 5) is 6.80. The highest BCUT2D eigenvalue weighted by atomic mass is 79.9. The van der Waals surface area contributed by atoms with Gasteiger partial charge in [0.15, 0.2) is 5.03 Å². The van der Waals surface area contributed by atoms with Gasteiger partial charge in [-0.15, -0.1) is 0 Å². The highest BCUT2D eigenvalue weighted by molar-refractivity contribution is 9.09. The van der Waals surface area contributed by atoms with Gasteiger partial charge in [-0.05, 0) is 12.8 Å². The van der Waals surface area contributed by atoms with Crippen LogP contribution in [0.15, 0.2) is 11.2 Å². The molecule has 17 heavy (non-hydrogen) atoms. The van der Waals surface area contributed by atoms with Gasteiger partial charge in [0.05, 0.1) is 6.20 Å². The topological polar surface area (TPSA) is 74.8 Å². The van der Waals surface area contributed by atoms with Gasteiger partial charge >= 0.3 is 0 Å². The van der Waals surface area contributed by atoms with Gasteiger partial charge in [-0.1, -0.05) is 29.8 Å². The van der Waals surface area contributed by atoms with Crippen LogP contribution in [0.5, 0.6) is 0 Å². The van der Waals surface area contributed by atoms with E-state index in [1.54, 1.807) is 0 Å². The second-order valence-corrected chi connectivity index (χ2v) is 6.23. The number of imidazole rings is 1.